The molecule has 0 aliphatic rings. The SMILES string of the molecule is CCn1nc(C)c(Br)c1CNCc1ccc([N+](=O)[O-])cc1. The highest BCUT2D eigenvalue weighted by atomic mass is 79.9. The average Bonchev–Trinajstić information content (AvgIpc) is 2.75. The summed E-state index contributed by atoms with van der Waals surface area (Å²) in [4.78, 5) is 10.2. The zero-order valence-electron chi connectivity index (χ0n) is 12.0. The molecule has 0 bridgehead atoms. The van der Waals surface area contributed by atoms with E-state index >= 15 is 0 Å². The van der Waals surface area contributed by atoms with Crippen molar-refractivity contribution in [1.29, 1.82) is 0 Å². The van der Waals surface area contributed by atoms with Crippen molar-refractivity contribution in [3.63, 3.8) is 0 Å². The summed E-state index contributed by atoms with van der Waals surface area (Å²) < 4.78 is 2.99. The standard InChI is InChI=1S/C14H17BrN4O2/c1-3-18-13(14(15)10(2)17-18)9-16-8-11-4-6-12(7-5-11)19(20)21/h4-7,16H,3,8-9H2,1-2H3. The second-order valence-corrected chi connectivity index (χ2v) is 5.48. The largest absolute Gasteiger partial charge is 0.307 e. The molecule has 112 valence electrons. The normalized spacial score (nSPS) is 10.8. The summed E-state index contributed by atoms with van der Waals surface area (Å²) in [6, 6.07) is 6.58. The molecular weight excluding hydrogens is 336 g/mol. The van der Waals surface area contributed by atoms with Crippen LogP contribution in [0.25, 0.3) is 0 Å². The number of nitro benzene ring substituents is 1. The second-order valence-electron chi connectivity index (χ2n) is 4.69. The number of aryl methyl sites for hydroxylation is 2. The van der Waals surface area contributed by atoms with E-state index in [1.165, 1.54) is 12.1 Å². The van der Waals surface area contributed by atoms with Crippen LogP contribution in [0.15, 0.2) is 28.7 Å². The van der Waals surface area contributed by atoms with Gasteiger partial charge in [-0.05, 0) is 35.3 Å². The van der Waals surface area contributed by atoms with E-state index < -0.39 is 4.92 Å². The minimum Gasteiger partial charge on any atom is -0.307 e. The van der Waals surface area contributed by atoms with Crippen molar-refractivity contribution in [2.75, 3.05) is 0 Å². The third-order valence-corrected chi connectivity index (χ3v) is 4.25. The number of aromatic nitrogens is 2. The minimum atomic E-state index is -0.392. The van der Waals surface area contributed by atoms with Gasteiger partial charge >= 0.3 is 0 Å². The zero-order chi connectivity index (χ0) is 15.4. The second kappa shape index (κ2) is 6.82. The Morgan fingerprint density at radius 3 is 2.57 bits per heavy atom. The van der Waals surface area contributed by atoms with Gasteiger partial charge in [-0.1, -0.05) is 12.1 Å². The number of rotatable bonds is 6. The van der Waals surface area contributed by atoms with Crippen molar-refractivity contribution in [2.24, 2.45) is 0 Å². The van der Waals surface area contributed by atoms with E-state index in [2.05, 4.69) is 33.3 Å². The van der Waals surface area contributed by atoms with E-state index in [-0.39, 0.29) is 5.69 Å². The Kier molecular flexibility index (Phi) is 5.08. The van der Waals surface area contributed by atoms with Gasteiger partial charge in [0.25, 0.3) is 5.69 Å². The van der Waals surface area contributed by atoms with Gasteiger partial charge in [0.05, 0.1) is 20.8 Å². The molecule has 6 nitrogen and oxygen atoms in total. The van der Waals surface area contributed by atoms with Crippen molar-refractivity contribution in [3.05, 3.63) is 55.8 Å². The highest BCUT2D eigenvalue weighted by Crippen LogP contribution is 2.21. The molecule has 0 unspecified atom stereocenters. The van der Waals surface area contributed by atoms with Crippen LogP contribution in [0.1, 0.15) is 23.9 Å². The van der Waals surface area contributed by atoms with E-state index in [0.717, 1.165) is 28.0 Å². The van der Waals surface area contributed by atoms with Crippen LogP contribution in [0.3, 0.4) is 0 Å². The molecule has 0 amide bonds. The van der Waals surface area contributed by atoms with Crippen LogP contribution < -0.4 is 5.32 Å². The van der Waals surface area contributed by atoms with Gasteiger partial charge in [-0.15, -0.1) is 0 Å². The Balaban J connectivity index is 1.97. The molecule has 0 aliphatic heterocycles. The van der Waals surface area contributed by atoms with Gasteiger partial charge in [0.1, 0.15) is 0 Å². The molecule has 0 atom stereocenters. The van der Waals surface area contributed by atoms with E-state index in [0.29, 0.717) is 13.1 Å². The highest BCUT2D eigenvalue weighted by Gasteiger charge is 2.11. The first kappa shape index (κ1) is 15.7. The molecule has 1 N–H and O–H groups in total. The minimum absolute atomic E-state index is 0.112. The van der Waals surface area contributed by atoms with Gasteiger partial charge in [0.2, 0.25) is 0 Å². The number of benzene rings is 1. The zero-order valence-corrected chi connectivity index (χ0v) is 13.6. The number of hydrogen-bond acceptors (Lipinski definition) is 4. The van der Waals surface area contributed by atoms with Gasteiger partial charge in [0.15, 0.2) is 0 Å². The summed E-state index contributed by atoms with van der Waals surface area (Å²) in [5.41, 5.74) is 3.21. The monoisotopic (exact) mass is 352 g/mol. The van der Waals surface area contributed by atoms with Crippen LogP contribution in [-0.4, -0.2) is 14.7 Å². The fraction of sp³-hybridized carbons (Fsp3) is 0.357. The summed E-state index contributed by atoms with van der Waals surface area (Å²) in [6.45, 7) is 6.18. The molecule has 1 heterocycles. The van der Waals surface area contributed by atoms with E-state index in [1.54, 1.807) is 12.1 Å². The Morgan fingerprint density at radius 2 is 2.00 bits per heavy atom. The Labute approximate surface area is 131 Å². The van der Waals surface area contributed by atoms with Gasteiger partial charge in [-0.3, -0.25) is 14.8 Å². The molecule has 1 aromatic heterocycles. The highest BCUT2D eigenvalue weighted by molar-refractivity contribution is 9.10. The Morgan fingerprint density at radius 1 is 1.33 bits per heavy atom. The Bertz CT molecular complexity index is 637. The first-order valence-corrected chi connectivity index (χ1v) is 7.48. The van der Waals surface area contributed by atoms with Gasteiger partial charge in [-0.2, -0.15) is 5.10 Å². The van der Waals surface area contributed by atoms with Crippen molar-refractivity contribution >= 4 is 21.6 Å². The number of nitrogens with one attached hydrogen (secondary N) is 1. The molecule has 0 radical (unpaired) electrons. The average molecular weight is 353 g/mol. The van der Waals surface area contributed by atoms with Gasteiger partial charge in [-0.25, -0.2) is 0 Å². The molecule has 1 aromatic carbocycles. The summed E-state index contributed by atoms with van der Waals surface area (Å²) in [7, 11) is 0. The quantitative estimate of drug-likeness (QED) is 0.640. The fourth-order valence-corrected chi connectivity index (χ4v) is 2.52. The molecule has 21 heavy (non-hydrogen) atoms. The van der Waals surface area contributed by atoms with E-state index in [4.69, 9.17) is 0 Å². The third-order valence-electron chi connectivity index (χ3n) is 3.22. The van der Waals surface area contributed by atoms with Gasteiger partial charge < -0.3 is 5.32 Å². The summed E-state index contributed by atoms with van der Waals surface area (Å²) >= 11 is 3.56. The van der Waals surface area contributed by atoms with Crippen molar-refractivity contribution in [2.45, 2.75) is 33.5 Å². The van der Waals surface area contributed by atoms with Crippen LogP contribution in [0.4, 0.5) is 5.69 Å². The lowest BCUT2D eigenvalue weighted by Gasteiger charge is -2.07. The van der Waals surface area contributed by atoms with Crippen LogP contribution in [0, 0.1) is 17.0 Å². The van der Waals surface area contributed by atoms with Crippen molar-refractivity contribution < 1.29 is 4.92 Å². The van der Waals surface area contributed by atoms with Crippen LogP contribution in [0.2, 0.25) is 0 Å². The molecule has 0 aliphatic carbocycles. The number of nitrogens with zero attached hydrogens (tertiary/aromatic N) is 3. The predicted octanol–water partition coefficient (Wildman–Crippen LogP) is 3.17. The lowest BCUT2D eigenvalue weighted by atomic mass is 10.2. The molecule has 0 spiro atoms. The number of hydrogen-bond donors (Lipinski definition) is 1. The molecule has 2 rings (SSSR count). The summed E-state index contributed by atoms with van der Waals surface area (Å²) in [5, 5.41) is 18.4. The molecule has 2 aromatic rings. The molecular formula is C14H17BrN4O2. The van der Waals surface area contributed by atoms with Crippen LogP contribution in [0.5, 0.6) is 0 Å². The number of halogens is 1. The lowest BCUT2D eigenvalue weighted by molar-refractivity contribution is -0.384. The number of nitro groups is 1. The third kappa shape index (κ3) is 3.68. The predicted molar refractivity (Wildman–Crippen MR) is 84.0 cm³/mol. The molecule has 0 saturated carbocycles. The maximum atomic E-state index is 10.6. The van der Waals surface area contributed by atoms with Gasteiger partial charge in [0, 0.05) is 31.8 Å². The van der Waals surface area contributed by atoms with E-state index in [9.17, 15) is 10.1 Å². The molecule has 7 heteroatoms. The summed E-state index contributed by atoms with van der Waals surface area (Å²) in [6.07, 6.45) is 0. The smallest absolute Gasteiger partial charge is 0.269 e. The first-order valence-electron chi connectivity index (χ1n) is 6.68. The maximum Gasteiger partial charge on any atom is 0.269 e. The summed E-state index contributed by atoms with van der Waals surface area (Å²) in [5.74, 6) is 0. The fourth-order valence-electron chi connectivity index (χ4n) is 2.10. The Hall–Kier alpha value is -1.73. The molecule has 0 fully saturated rings. The first-order chi connectivity index (χ1) is 10.0. The van der Waals surface area contributed by atoms with Crippen molar-refractivity contribution in [1.82, 2.24) is 15.1 Å². The van der Waals surface area contributed by atoms with Crippen molar-refractivity contribution in [3.8, 4) is 0 Å². The topological polar surface area (TPSA) is 73.0 Å². The number of non-ortho nitro benzene ring substituents is 1. The molecule has 0 saturated heterocycles. The maximum absolute atomic E-state index is 10.6. The van der Waals surface area contributed by atoms with E-state index in [1.807, 2.05) is 11.6 Å². The lowest BCUT2D eigenvalue weighted by Crippen LogP contribution is -2.16. The van der Waals surface area contributed by atoms with Crippen LogP contribution >= 0.6 is 15.9 Å². The van der Waals surface area contributed by atoms with Crippen LogP contribution in [-0.2, 0) is 19.6 Å².